The lowest BCUT2D eigenvalue weighted by molar-refractivity contribution is -0.172. The molecule has 6 rings (SSSR count). The molecule has 1 unspecified atom stereocenters. The largest absolute Gasteiger partial charge is 0.458 e. The van der Waals surface area contributed by atoms with Gasteiger partial charge in [-0.1, -0.05) is 6.92 Å². The van der Waals surface area contributed by atoms with E-state index in [4.69, 9.17) is 14.5 Å². The Bertz CT molecular complexity index is 1480. The van der Waals surface area contributed by atoms with E-state index in [2.05, 4.69) is 0 Å². The molecular formula is C25H23FN2O6. The second-order valence-electron chi connectivity index (χ2n) is 9.10. The number of halogens is 1. The van der Waals surface area contributed by atoms with Gasteiger partial charge >= 0.3 is 5.97 Å². The van der Waals surface area contributed by atoms with Gasteiger partial charge in [0.25, 0.3) is 5.56 Å². The smallest absolute Gasteiger partial charge is 0.343 e. The fourth-order valence-corrected chi connectivity index (χ4v) is 5.66. The summed E-state index contributed by atoms with van der Waals surface area (Å²) in [6.07, 6.45) is 0.0994. The summed E-state index contributed by atoms with van der Waals surface area (Å²) in [5.74, 6) is -1.15. The third-order valence-corrected chi connectivity index (χ3v) is 7.47. The summed E-state index contributed by atoms with van der Waals surface area (Å²) in [4.78, 5) is 30.6. The summed E-state index contributed by atoms with van der Waals surface area (Å²) >= 11 is 0. The SMILES string of the molecule is CC[C@@]1(O)C(=O)OCc2c1cc1n(c2=O)Cc2c-1nc1cc(F)c(C)c3c1c2C(OCCO)C3. The van der Waals surface area contributed by atoms with Gasteiger partial charge in [0.2, 0.25) is 0 Å². The number of aliphatic hydroxyl groups excluding tert-OH is 1. The molecule has 2 atom stereocenters. The number of aromatic nitrogens is 2. The molecule has 3 aromatic rings. The van der Waals surface area contributed by atoms with Crippen molar-refractivity contribution in [2.45, 2.75) is 51.5 Å². The van der Waals surface area contributed by atoms with E-state index in [9.17, 15) is 24.2 Å². The first kappa shape index (κ1) is 21.4. The standard InChI is InChI=1S/C25H23FN2O6/c1-3-25(32)15-7-18-22-13(9-28(18)23(30)14(15)10-34-24(25)31)21-19(33-5-4-29)6-12-11(2)16(26)8-17(27-22)20(12)21/h7-8,19,29,32H,3-6,9-10H2,1-2H3/t19?,25-/m0/s1. The maximum Gasteiger partial charge on any atom is 0.343 e. The lowest BCUT2D eigenvalue weighted by atomic mass is 9.86. The molecule has 0 spiro atoms. The van der Waals surface area contributed by atoms with Gasteiger partial charge in [-0.15, -0.1) is 0 Å². The van der Waals surface area contributed by atoms with Crippen molar-refractivity contribution in [3.05, 3.63) is 61.7 Å². The average molecular weight is 466 g/mol. The summed E-state index contributed by atoms with van der Waals surface area (Å²) < 4.78 is 27.4. The van der Waals surface area contributed by atoms with Crippen molar-refractivity contribution in [1.29, 1.82) is 0 Å². The summed E-state index contributed by atoms with van der Waals surface area (Å²) in [6, 6.07) is 3.04. The van der Waals surface area contributed by atoms with Crippen molar-refractivity contribution in [3.8, 4) is 11.4 Å². The predicted molar refractivity (Wildman–Crippen MR) is 119 cm³/mol. The third kappa shape index (κ3) is 2.60. The molecule has 0 fully saturated rings. The molecule has 0 amide bonds. The second-order valence-corrected chi connectivity index (χ2v) is 9.10. The second kappa shape index (κ2) is 7.18. The topological polar surface area (TPSA) is 111 Å². The Morgan fingerprint density at radius 2 is 2.09 bits per heavy atom. The third-order valence-electron chi connectivity index (χ3n) is 7.47. The van der Waals surface area contributed by atoms with Crippen molar-refractivity contribution in [3.63, 3.8) is 0 Å². The number of ether oxygens (including phenoxy) is 2. The highest BCUT2D eigenvalue weighted by molar-refractivity contribution is 5.94. The van der Waals surface area contributed by atoms with Crippen molar-refractivity contribution >= 4 is 16.9 Å². The Morgan fingerprint density at radius 3 is 2.82 bits per heavy atom. The fourth-order valence-electron chi connectivity index (χ4n) is 5.66. The van der Waals surface area contributed by atoms with Crippen LogP contribution in [0.5, 0.6) is 0 Å². The maximum atomic E-state index is 14.8. The predicted octanol–water partition coefficient (Wildman–Crippen LogP) is 2.13. The summed E-state index contributed by atoms with van der Waals surface area (Å²) in [7, 11) is 0. The first-order valence-electron chi connectivity index (χ1n) is 11.3. The maximum absolute atomic E-state index is 14.8. The highest BCUT2D eigenvalue weighted by Crippen LogP contribution is 2.47. The van der Waals surface area contributed by atoms with Gasteiger partial charge < -0.3 is 24.3 Å². The van der Waals surface area contributed by atoms with Crippen LogP contribution in [0.15, 0.2) is 16.9 Å². The molecule has 1 aromatic carbocycles. The van der Waals surface area contributed by atoms with Crippen LogP contribution in [-0.4, -0.2) is 38.9 Å². The molecule has 3 aliphatic rings. The molecule has 0 radical (unpaired) electrons. The molecule has 2 aromatic heterocycles. The van der Waals surface area contributed by atoms with Gasteiger partial charge in [-0.05, 0) is 36.1 Å². The zero-order valence-corrected chi connectivity index (χ0v) is 18.8. The number of aliphatic hydroxyl groups is 2. The number of nitrogens with zero attached hydrogens (tertiary/aromatic N) is 2. The minimum Gasteiger partial charge on any atom is -0.458 e. The minimum absolute atomic E-state index is 0.0515. The van der Waals surface area contributed by atoms with Crippen LogP contribution < -0.4 is 5.56 Å². The molecule has 34 heavy (non-hydrogen) atoms. The number of carbonyl (C=O) groups is 1. The van der Waals surface area contributed by atoms with E-state index in [1.807, 2.05) is 0 Å². The van der Waals surface area contributed by atoms with Crippen molar-refractivity contribution < 1.29 is 28.9 Å². The van der Waals surface area contributed by atoms with Crippen molar-refractivity contribution in [2.75, 3.05) is 13.2 Å². The molecule has 176 valence electrons. The van der Waals surface area contributed by atoms with Gasteiger partial charge in [0, 0.05) is 29.0 Å². The van der Waals surface area contributed by atoms with E-state index >= 15 is 0 Å². The van der Waals surface area contributed by atoms with E-state index < -0.39 is 17.7 Å². The molecule has 8 nitrogen and oxygen atoms in total. The molecule has 4 heterocycles. The van der Waals surface area contributed by atoms with Gasteiger partial charge in [-0.25, -0.2) is 14.2 Å². The first-order valence-corrected chi connectivity index (χ1v) is 11.3. The van der Waals surface area contributed by atoms with E-state index in [1.165, 1.54) is 6.07 Å². The molecule has 1 aliphatic carbocycles. The Hall–Kier alpha value is -3.14. The number of cyclic esters (lactones) is 1. The molecule has 0 saturated carbocycles. The van der Waals surface area contributed by atoms with Crippen LogP contribution in [0.1, 0.15) is 52.8 Å². The Labute approximate surface area is 193 Å². The minimum atomic E-state index is -1.91. The van der Waals surface area contributed by atoms with Crippen LogP contribution in [0.4, 0.5) is 4.39 Å². The highest BCUT2D eigenvalue weighted by Gasteiger charge is 2.46. The van der Waals surface area contributed by atoms with Crippen molar-refractivity contribution in [1.82, 2.24) is 9.55 Å². The lowest BCUT2D eigenvalue weighted by Gasteiger charge is -2.31. The number of carbonyl (C=O) groups excluding carboxylic acids is 1. The first-order chi connectivity index (χ1) is 16.3. The normalized spacial score (nSPS) is 22.0. The quantitative estimate of drug-likeness (QED) is 0.443. The monoisotopic (exact) mass is 466 g/mol. The zero-order valence-electron chi connectivity index (χ0n) is 18.8. The van der Waals surface area contributed by atoms with Crippen LogP contribution in [0.3, 0.4) is 0 Å². The van der Waals surface area contributed by atoms with E-state index in [0.717, 1.165) is 22.1 Å². The fraction of sp³-hybridized carbons (Fsp3) is 0.400. The van der Waals surface area contributed by atoms with Gasteiger partial charge in [0.05, 0.1) is 48.3 Å². The average Bonchev–Trinajstić information content (AvgIpc) is 3.39. The van der Waals surface area contributed by atoms with Crippen LogP contribution in [0, 0.1) is 12.7 Å². The molecule has 0 saturated heterocycles. The van der Waals surface area contributed by atoms with E-state index in [1.54, 1.807) is 24.5 Å². The van der Waals surface area contributed by atoms with Gasteiger partial charge in [-0.2, -0.15) is 0 Å². The number of fused-ring (bicyclic) bond motifs is 5. The molecule has 2 aliphatic heterocycles. The highest BCUT2D eigenvalue weighted by atomic mass is 19.1. The van der Waals surface area contributed by atoms with Crippen molar-refractivity contribution in [2.24, 2.45) is 0 Å². The zero-order chi connectivity index (χ0) is 23.9. The van der Waals surface area contributed by atoms with E-state index in [-0.39, 0.29) is 55.3 Å². The summed E-state index contributed by atoms with van der Waals surface area (Å²) in [5.41, 5.74) is 2.67. The summed E-state index contributed by atoms with van der Waals surface area (Å²) in [5, 5.41) is 21.2. The Morgan fingerprint density at radius 1 is 1.29 bits per heavy atom. The Balaban J connectivity index is 1.64. The van der Waals surface area contributed by atoms with Gasteiger partial charge in [0.1, 0.15) is 12.4 Å². The Kier molecular flexibility index (Phi) is 4.52. The molecular weight excluding hydrogens is 443 g/mol. The number of esters is 1. The van der Waals surface area contributed by atoms with Crippen LogP contribution in [0.2, 0.25) is 0 Å². The number of rotatable bonds is 4. The molecule has 0 bridgehead atoms. The van der Waals surface area contributed by atoms with Crippen LogP contribution in [0.25, 0.3) is 22.3 Å². The van der Waals surface area contributed by atoms with Gasteiger partial charge in [-0.3, -0.25) is 4.79 Å². The van der Waals surface area contributed by atoms with Crippen LogP contribution >= 0.6 is 0 Å². The molecule has 9 heteroatoms. The number of hydrogen-bond acceptors (Lipinski definition) is 7. The number of hydrogen-bond donors (Lipinski definition) is 2. The van der Waals surface area contributed by atoms with E-state index in [0.29, 0.717) is 28.9 Å². The number of benzene rings is 1. The van der Waals surface area contributed by atoms with Crippen LogP contribution in [-0.2, 0) is 39.4 Å². The lowest BCUT2D eigenvalue weighted by Crippen LogP contribution is -2.44. The molecule has 2 N–H and O–H groups in total. The summed E-state index contributed by atoms with van der Waals surface area (Å²) in [6.45, 7) is 3.39. The number of pyridine rings is 2. The van der Waals surface area contributed by atoms with Gasteiger partial charge in [0.15, 0.2) is 5.60 Å².